The summed E-state index contributed by atoms with van der Waals surface area (Å²) >= 11 is 3.45. The van der Waals surface area contributed by atoms with E-state index in [1.165, 1.54) is 102 Å². The van der Waals surface area contributed by atoms with E-state index in [1.807, 2.05) is 27.7 Å². The molecule has 4 nitrogen and oxygen atoms in total. The summed E-state index contributed by atoms with van der Waals surface area (Å²) in [6.45, 7) is 19.1. The van der Waals surface area contributed by atoms with Gasteiger partial charge >= 0.3 is 0 Å². The van der Waals surface area contributed by atoms with Crippen LogP contribution in [-0.2, 0) is 4.79 Å². The molecule has 0 fully saturated rings. The van der Waals surface area contributed by atoms with Crippen LogP contribution < -0.4 is 5.32 Å². The van der Waals surface area contributed by atoms with Gasteiger partial charge in [0.05, 0.1) is 5.60 Å². The molecule has 0 bridgehead atoms. The Bertz CT molecular complexity index is 535. The zero-order valence-electron chi connectivity index (χ0n) is 23.6. The molecule has 0 aromatic heterocycles. The number of nitrogens with zero attached hydrogens (tertiary/aromatic N) is 1. The van der Waals surface area contributed by atoms with E-state index in [4.69, 9.17) is 6.57 Å². The minimum Gasteiger partial charge on any atom is -0.390 e. The fraction of sp³-hybridized carbons (Fsp3) is 0.867. The SMILES string of the molecule is CC(C)(O)CCCCCCCCCCBr.[C-]#[N+]C(C)(C)CCCCCCCCCCNC(=O)C=C. The van der Waals surface area contributed by atoms with Crippen molar-refractivity contribution in [2.24, 2.45) is 0 Å². The lowest BCUT2D eigenvalue weighted by molar-refractivity contribution is -0.116. The maximum Gasteiger partial charge on any atom is 0.243 e. The third kappa shape index (κ3) is 33.1. The first-order valence-electron chi connectivity index (χ1n) is 14.1. The summed E-state index contributed by atoms with van der Waals surface area (Å²) in [6.07, 6.45) is 23.6. The minimum atomic E-state index is -0.462. The lowest BCUT2D eigenvalue weighted by Crippen LogP contribution is -2.21. The highest BCUT2D eigenvalue weighted by atomic mass is 79.9. The first-order valence-corrected chi connectivity index (χ1v) is 15.3. The molecule has 0 aliphatic rings. The standard InChI is InChI=1S/C17H30N2O.C13H27BrO/c1-5-16(20)19-15-13-11-9-7-6-8-10-12-14-17(2,3)18-4;1-13(2,15)11-9-7-5-3-4-6-8-10-12-14/h5H,1,6-15H2,2-3H3,(H,19,20);15H,3-12H2,1-2H3. The van der Waals surface area contributed by atoms with Crippen molar-refractivity contribution in [2.45, 2.75) is 154 Å². The van der Waals surface area contributed by atoms with E-state index in [0.717, 1.165) is 31.1 Å². The van der Waals surface area contributed by atoms with Crippen molar-refractivity contribution >= 4 is 21.8 Å². The molecule has 0 saturated heterocycles. The van der Waals surface area contributed by atoms with Crippen LogP contribution in [0.2, 0.25) is 0 Å². The number of nitrogens with one attached hydrogen (secondary N) is 1. The Morgan fingerprint density at radius 1 is 0.800 bits per heavy atom. The van der Waals surface area contributed by atoms with Gasteiger partial charge in [-0.2, -0.15) is 0 Å². The molecule has 0 rings (SSSR count). The van der Waals surface area contributed by atoms with Crippen molar-refractivity contribution in [2.75, 3.05) is 11.9 Å². The Morgan fingerprint density at radius 3 is 1.60 bits per heavy atom. The molecule has 0 spiro atoms. The van der Waals surface area contributed by atoms with Crippen molar-refractivity contribution in [3.8, 4) is 0 Å². The van der Waals surface area contributed by atoms with Gasteiger partial charge in [0.25, 0.3) is 0 Å². The Labute approximate surface area is 227 Å². The van der Waals surface area contributed by atoms with Gasteiger partial charge in [-0.1, -0.05) is 106 Å². The van der Waals surface area contributed by atoms with Crippen LogP contribution in [0.1, 0.15) is 143 Å². The number of hydrogen-bond donors (Lipinski definition) is 2. The topological polar surface area (TPSA) is 53.7 Å². The molecule has 0 aliphatic carbocycles. The summed E-state index contributed by atoms with van der Waals surface area (Å²) < 4.78 is 0. The Morgan fingerprint density at radius 2 is 1.20 bits per heavy atom. The maximum absolute atomic E-state index is 10.9. The molecular formula is C30H57BrN2O2. The molecule has 0 aliphatic heterocycles. The highest BCUT2D eigenvalue weighted by molar-refractivity contribution is 9.09. The number of hydrogen-bond acceptors (Lipinski definition) is 2. The molecular weight excluding hydrogens is 500 g/mol. The maximum atomic E-state index is 10.9. The minimum absolute atomic E-state index is 0.0765. The molecule has 0 aromatic rings. The Hall–Kier alpha value is -0.860. The number of carbonyl (C=O) groups excluding carboxylic acids is 1. The molecule has 0 saturated carbocycles. The second-order valence-corrected chi connectivity index (χ2v) is 11.9. The number of unbranched alkanes of at least 4 members (excludes halogenated alkanes) is 14. The first-order chi connectivity index (χ1) is 16.6. The zero-order chi connectivity index (χ0) is 26.8. The summed E-state index contributed by atoms with van der Waals surface area (Å²) in [5, 5.41) is 13.5. The molecule has 206 valence electrons. The second kappa shape index (κ2) is 24.8. The summed E-state index contributed by atoms with van der Waals surface area (Å²) in [7, 11) is 0. The normalized spacial score (nSPS) is 11.3. The van der Waals surface area contributed by atoms with Crippen LogP contribution in [-0.4, -0.2) is 34.0 Å². The van der Waals surface area contributed by atoms with Crippen LogP contribution >= 0.6 is 15.9 Å². The van der Waals surface area contributed by atoms with Gasteiger partial charge in [0.1, 0.15) is 0 Å². The first kappa shape index (κ1) is 36.3. The van der Waals surface area contributed by atoms with Gasteiger partial charge in [-0.05, 0) is 45.6 Å². The van der Waals surface area contributed by atoms with E-state index in [1.54, 1.807) is 0 Å². The van der Waals surface area contributed by atoms with Crippen LogP contribution in [0.25, 0.3) is 4.85 Å². The quantitative estimate of drug-likeness (QED) is 0.0603. The van der Waals surface area contributed by atoms with E-state index in [0.29, 0.717) is 0 Å². The van der Waals surface area contributed by atoms with E-state index in [9.17, 15) is 9.90 Å². The van der Waals surface area contributed by atoms with Crippen molar-refractivity contribution in [3.63, 3.8) is 0 Å². The highest BCUT2D eigenvalue weighted by Gasteiger charge is 2.21. The number of aliphatic hydroxyl groups is 1. The molecule has 35 heavy (non-hydrogen) atoms. The molecule has 0 aromatic carbocycles. The van der Waals surface area contributed by atoms with E-state index in [2.05, 4.69) is 32.7 Å². The Kier molecular flexibility index (Phi) is 25.7. The fourth-order valence-electron chi connectivity index (χ4n) is 3.80. The van der Waals surface area contributed by atoms with Crippen LogP contribution in [0.3, 0.4) is 0 Å². The number of rotatable bonds is 22. The summed E-state index contributed by atoms with van der Waals surface area (Å²) in [5.74, 6) is -0.0765. The fourth-order valence-corrected chi connectivity index (χ4v) is 4.19. The van der Waals surface area contributed by atoms with Crippen molar-refractivity contribution in [3.05, 3.63) is 24.1 Å². The summed E-state index contributed by atoms with van der Waals surface area (Å²) in [6, 6.07) is 0. The van der Waals surface area contributed by atoms with Gasteiger partial charge < -0.3 is 15.3 Å². The van der Waals surface area contributed by atoms with E-state index >= 15 is 0 Å². The average molecular weight is 558 g/mol. The lowest BCUT2D eigenvalue weighted by atomic mass is 9.97. The number of alkyl halides is 1. The number of carbonyl (C=O) groups is 1. The summed E-state index contributed by atoms with van der Waals surface area (Å²) in [4.78, 5) is 14.5. The van der Waals surface area contributed by atoms with Gasteiger partial charge in [0, 0.05) is 32.1 Å². The van der Waals surface area contributed by atoms with Gasteiger partial charge in [-0.15, -0.1) is 0 Å². The molecule has 0 atom stereocenters. The van der Waals surface area contributed by atoms with Crippen LogP contribution in [0.4, 0.5) is 0 Å². The third-order valence-corrected chi connectivity index (χ3v) is 6.74. The average Bonchev–Trinajstić information content (AvgIpc) is 2.81. The van der Waals surface area contributed by atoms with Gasteiger partial charge in [-0.3, -0.25) is 4.79 Å². The smallest absolute Gasteiger partial charge is 0.243 e. The van der Waals surface area contributed by atoms with Gasteiger partial charge in [0.2, 0.25) is 11.4 Å². The van der Waals surface area contributed by atoms with Gasteiger partial charge in [-0.25, -0.2) is 6.57 Å². The lowest BCUT2D eigenvalue weighted by Gasteiger charge is -2.16. The monoisotopic (exact) mass is 556 g/mol. The van der Waals surface area contributed by atoms with Gasteiger partial charge in [0.15, 0.2) is 0 Å². The largest absolute Gasteiger partial charge is 0.390 e. The molecule has 0 heterocycles. The number of amides is 1. The molecule has 0 radical (unpaired) electrons. The predicted octanol–water partition coefficient (Wildman–Crippen LogP) is 9.16. The van der Waals surface area contributed by atoms with Crippen LogP contribution in [0.5, 0.6) is 0 Å². The van der Waals surface area contributed by atoms with Crippen molar-refractivity contribution in [1.82, 2.24) is 5.32 Å². The summed E-state index contributed by atoms with van der Waals surface area (Å²) in [5.41, 5.74) is -0.633. The zero-order valence-corrected chi connectivity index (χ0v) is 25.2. The third-order valence-electron chi connectivity index (χ3n) is 6.17. The number of halogens is 1. The van der Waals surface area contributed by atoms with Crippen LogP contribution in [0, 0.1) is 6.57 Å². The molecule has 1 amide bonds. The van der Waals surface area contributed by atoms with E-state index < -0.39 is 5.60 Å². The Balaban J connectivity index is 0. The molecule has 5 heteroatoms. The van der Waals surface area contributed by atoms with Crippen molar-refractivity contribution in [1.29, 1.82) is 0 Å². The van der Waals surface area contributed by atoms with E-state index in [-0.39, 0.29) is 11.4 Å². The predicted molar refractivity (Wildman–Crippen MR) is 157 cm³/mol. The van der Waals surface area contributed by atoms with Crippen LogP contribution in [0.15, 0.2) is 12.7 Å². The highest BCUT2D eigenvalue weighted by Crippen LogP contribution is 2.19. The van der Waals surface area contributed by atoms with Crippen molar-refractivity contribution < 1.29 is 9.90 Å². The second-order valence-electron chi connectivity index (χ2n) is 11.1. The molecule has 2 N–H and O–H groups in total. The molecule has 0 unspecified atom stereocenters.